The first-order valence-corrected chi connectivity index (χ1v) is 8.56. The minimum absolute atomic E-state index is 0.0256. The molecule has 0 bridgehead atoms. The van der Waals surface area contributed by atoms with Crippen molar-refractivity contribution in [3.8, 4) is 0 Å². The van der Waals surface area contributed by atoms with Crippen molar-refractivity contribution in [1.29, 1.82) is 0 Å². The number of nitrogens with zero attached hydrogens (tertiary/aromatic N) is 3. The standard InChI is InChI=1S/C17H24N4O3/c18-16(19-24)13-6-5-9-17(12-13,20-10-3-1-7-14(20)22)21-11-4-2-8-15(21)23/h5-6,9,24H,1-4,7-8,10-12H2,(H2,18,19). The summed E-state index contributed by atoms with van der Waals surface area (Å²) in [6, 6.07) is 0. The Balaban J connectivity index is 2.01. The van der Waals surface area contributed by atoms with Gasteiger partial charge in [-0.05, 0) is 31.8 Å². The van der Waals surface area contributed by atoms with Gasteiger partial charge in [-0.25, -0.2) is 0 Å². The summed E-state index contributed by atoms with van der Waals surface area (Å²) in [5.74, 6) is 0.146. The van der Waals surface area contributed by atoms with Crippen LogP contribution in [0.5, 0.6) is 0 Å². The van der Waals surface area contributed by atoms with E-state index in [0.717, 1.165) is 25.7 Å². The van der Waals surface area contributed by atoms with Gasteiger partial charge in [-0.15, -0.1) is 0 Å². The van der Waals surface area contributed by atoms with Crippen LogP contribution < -0.4 is 5.73 Å². The molecule has 0 radical (unpaired) electrons. The summed E-state index contributed by atoms with van der Waals surface area (Å²) in [6.45, 7) is 1.24. The quantitative estimate of drug-likeness (QED) is 0.352. The van der Waals surface area contributed by atoms with Gasteiger partial charge in [-0.1, -0.05) is 17.3 Å². The van der Waals surface area contributed by atoms with Gasteiger partial charge in [0.05, 0.1) is 0 Å². The van der Waals surface area contributed by atoms with Gasteiger partial charge in [-0.2, -0.15) is 0 Å². The van der Waals surface area contributed by atoms with Crippen molar-refractivity contribution in [2.45, 2.75) is 50.6 Å². The molecule has 0 atom stereocenters. The fraction of sp³-hybridized carbons (Fsp3) is 0.588. The van der Waals surface area contributed by atoms with Crippen molar-refractivity contribution in [3.05, 3.63) is 23.8 Å². The van der Waals surface area contributed by atoms with Crippen LogP contribution in [0.1, 0.15) is 44.9 Å². The molecule has 1 aliphatic carbocycles. The van der Waals surface area contributed by atoms with E-state index in [1.54, 1.807) is 12.2 Å². The number of carbonyl (C=O) groups excluding carboxylic acids is 2. The van der Waals surface area contributed by atoms with E-state index in [4.69, 9.17) is 10.9 Å². The number of amides is 2. The molecule has 130 valence electrons. The fourth-order valence-electron chi connectivity index (χ4n) is 3.90. The number of carbonyl (C=O) groups is 2. The molecule has 7 nitrogen and oxygen atoms in total. The van der Waals surface area contributed by atoms with Crippen LogP contribution >= 0.6 is 0 Å². The highest BCUT2D eigenvalue weighted by Gasteiger charge is 2.47. The molecule has 2 saturated heterocycles. The van der Waals surface area contributed by atoms with E-state index in [9.17, 15) is 9.59 Å². The third-order valence-corrected chi connectivity index (χ3v) is 5.13. The Kier molecular flexibility index (Phi) is 4.59. The number of hydrogen-bond acceptors (Lipinski definition) is 4. The molecule has 2 heterocycles. The number of oxime groups is 1. The Morgan fingerprint density at radius 3 is 2.17 bits per heavy atom. The van der Waals surface area contributed by atoms with Crippen LogP contribution in [0.2, 0.25) is 0 Å². The summed E-state index contributed by atoms with van der Waals surface area (Å²) in [5.41, 5.74) is 5.59. The van der Waals surface area contributed by atoms with E-state index in [1.807, 2.05) is 15.9 Å². The molecule has 3 rings (SSSR count). The maximum atomic E-state index is 12.6. The second kappa shape index (κ2) is 6.67. The van der Waals surface area contributed by atoms with E-state index < -0.39 is 5.66 Å². The smallest absolute Gasteiger partial charge is 0.224 e. The molecule has 2 aliphatic heterocycles. The molecule has 0 aromatic rings. The minimum Gasteiger partial charge on any atom is -0.409 e. The highest BCUT2D eigenvalue weighted by Crippen LogP contribution is 2.37. The van der Waals surface area contributed by atoms with Gasteiger partial charge >= 0.3 is 0 Å². The number of allylic oxidation sites excluding steroid dienone is 2. The zero-order valence-electron chi connectivity index (χ0n) is 13.8. The highest BCUT2D eigenvalue weighted by atomic mass is 16.4. The van der Waals surface area contributed by atoms with Gasteiger partial charge in [-0.3, -0.25) is 9.59 Å². The second-order valence-corrected chi connectivity index (χ2v) is 6.60. The molecular formula is C17H24N4O3. The van der Waals surface area contributed by atoms with Gasteiger partial charge in [0.2, 0.25) is 11.8 Å². The molecule has 3 N–H and O–H groups in total. The van der Waals surface area contributed by atoms with E-state index in [2.05, 4.69) is 5.16 Å². The van der Waals surface area contributed by atoms with Crippen LogP contribution in [0.25, 0.3) is 0 Å². The zero-order chi connectivity index (χ0) is 17.2. The van der Waals surface area contributed by atoms with Crippen LogP contribution in [0.15, 0.2) is 29.0 Å². The van der Waals surface area contributed by atoms with E-state index in [1.165, 1.54) is 0 Å². The summed E-state index contributed by atoms with van der Waals surface area (Å²) < 4.78 is 0. The first-order valence-electron chi connectivity index (χ1n) is 8.56. The number of hydrogen-bond donors (Lipinski definition) is 2. The molecule has 0 spiro atoms. The van der Waals surface area contributed by atoms with E-state index in [0.29, 0.717) is 37.9 Å². The molecule has 2 fully saturated rings. The second-order valence-electron chi connectivity index (χ2n) is 6.60. The lowest BCUT2D eigenvalue weighted by Gasteiger charge is -2.52. The van der Waals surface area contributed by atoms with Crippen molar-refractivity contribution in [3.63, 3.8) is 0 Å². The first-order chi connectivity index (χ1) is 11.6. The number of nitrogens with two attached hydrogens (primary N) is 1. The Bertz CT molecular complexity index is 595. The SMILES string of the molecule is NC(=NO)C1=CC=CC(N2CCCCC2=O)(N2CCCCC2=O)C1. The van der Waals surface area contributed by atoms with Gasteiger partial charge < -0.3 is 20.7 Å². The van der Waals surface area contributed by atoms with Crippen molar-refractivity contribution in [1.82, 2.24) is 9.80 Å². The number of piperidine rings is 2. The summed E-state index contributed by atoms with van der Waals surface area (Å²) in [5, 5.41) is 12.1. The summed E-state index contributed by atoms with van der Waals surface area (Å²) in [6.07, 6.45) is 10.5. The number of likely N-dealkylation sites (tertiary alicyclic amines) is 2. The Morgan fingerprint density at radius 1 is 1.08 bits per heavy atom. The van der Waals surface area contributed by atoms with Gasteiger partial charge in [0.15, 0.2) is 5.84 Å². The van der Waals surface area contributed by atoms with Gasteiger partial charge in [0.1, 0.15) is 5.66 Å². The lowest BCUT2D eigenvalue weighted by atomic mass is 9.87. The monoisotopic (exact) mass is 332 g/mol. The average molecular weight is 332 g/mol. The Hall–Kier alpha value is -2.31. The molecule has 0 aromatic carbocycles. The van der Waals surface area contributed by atoms with Crippen LogP contribution in [-0.4, -0.2) is 51.4 Å². The lowest BCUT2D eigenvalue weighted by molar-refractivity contribution is -0.158. The maximum absolute atomic E-state index is 12.6. The number of rotatable bonds is 3. The molecule has 24 heavy (non-hydrogen) atoms. The summed E-state index contributed by atoms with van der Waals surface area (Å²) >= 11 is 0. The van der Waals surface area contributed by atoms with Gasteiger partial charge in [0.25, 0.3) is 0 Å². The van der Waals surface area contributed by atoms with Crippen molar-refractivity contribution in [2.24, 2.45) is 10.9 Å². The number of amidine groups is 1. The molecule has 0 unspecified atom stereocenters. The molecule has 3 aliphatic rings. The van der Waals surface area contributed by atoms with Crippen LogP contribution in [0.4, 0.5) is 0 Å². The van der Waals surface area contributed by atoms with Crippen LogP contribution in [0.3, 0.4) is 0 Å². The van der Waals surface area contributed by atoms with E-state index >= 15 is 0 Å². The highest BCUT2D eigenvalue weighted by molar-refractivity contribution is 5.97. The zero-order valence-corrected chi connectivity index (χ0v) is 13.8. The largest absolute Gasteiger partial charge is 0.409 e. The lowest BCUT2D eigenvalue weighted by Crippen LogP contribution is -2.65. The van der Waals surface area contributed by atoms with Crippen LogP contribution in [-0.2, 0) is 9.59 Å². The summed E-state index contributed by atoms with van der Waals surface area (Å²) in [4.78, 5) is 28.9. The van der Waals surface area contributed by atoms with Crippen molar-refractivity contribution < 1.29 is 14.8 Å². The Labute approximate surface area is 141 Å². The van der Waals surface area contributed by atoms with E-state index in [-0.39, 0.29) is 17.6 Å². The first kappa shape index (κ1) is 16.5. The summed E-state index contributed by atoms with van der Waals surface area (Å²) in [7, 11) is 0. The minimum atomic E-state index is -0.839. The normalized spacial score (nSPS) is 25.0. The molecule has 7 heteroatoms. The van der Waals surface area contributed by atoms with Crippen molar-refractivity contribution >= 4 is 17.6 Å². The average Bonchev–Trinajstić information content (AvgIpc) is 2.61. The third-order valence-electron chi connectivity index (χ3n) is 5.13. The predicted molar refractivity (Wildman–Crippen MR) is 89.1 cm³/mol. The van der Waals surface area contributed by atoms with Crippen molar-refractivity contribution in [2.75, 3.05) is 13.1 Å². The van der Waals surface area contributed by atoms with Gasteiger partial charge in [0, 0.05) is 37.9 Å². The third kappa shape index (κ3) is 2.79. The molecular weight excluding hydrogens is 308 g/mol. The fourth-order valence-corrected chi connectivity index (χ4v) is 3.90. The molecule has 0 saturated carbocycles. The molecule has 0 aromatic heterocycles. The molecule has 2 amide bonds. The topological polar surface area (TPSA) is 99.2 Å². The predicted octanol–water partition coefficient (Wildman–Crippen LogP) is 1.34. The maximum Gasteiger partial charge on any atom is 0.224 e. The van der Waals surface area contributed by atoms with Crippen LogP contribution in [0, 0.1) is 0 Å². The Morgan fingerprint density at radius 2 is 1.67 bits per heavy atom.